The highest BCUT2D eigenvalue weighted by Gasteiger charge is 2.40. The minimum absolute atomic E-state index is 0.303. The van der Waals surface area contributed by atoms with Gasteiger partial charge in [0.15, 0.2) is 5.82 Å². The first-order valence-corrected chi connectivity index (χ1v) is 13.9. The van der Waals surface area contributed by atoms with Crippen LogP contribution >= 0.6 is 0 Å². The highest BCUT2D eigenvalue weighted by atomic mass is 16.5. The Morgan fingerprint density at radius 1 is 0.974 bits per heavy atom. The zero-order valence-corrected chi connectivity index (χ0v) is 22.7. The van der Waals surface area contributed by atoms with Crippen LogP contribution < -0.4 is 20.3 Å². The number of hydrogen-bond donors (Lipinski definition) is 2. The summed E-state index contributed by atoms with van der Waals surface area (Å²) in [7, 11) is 4.02. The van der Waals surface area contributed by atoms with Gasteiger partial charge in [0.2, 0.25) is 0 Å². The standard InChI is InChI=1S/C30H36N6O3/c1-35(2)16-17-39-25-14-10-22(11-15-25)32-30(37)31-21-8-6-20(7-9-21)28-33-27-5-3-4-26(27)29(34-28)36-23-12-13-24(36)19-38-18-23/h6-11,14-15,23-24H,3-5,12-13,16-19H2,1-2H3,(H2,31,32,37). The molecular formula is C30H36N6O3. The molecule has 2 bridgehead atoms. The second-order valence-electron chi connectivity index (χ2n) is 10.8. The number of hydrogen-bond acceptors (Lipinski definition) is 7. The summed E-state index contributed by atoms with van der Waals surface area (Å²) in [5.41, 5.74) is 4.84. The molecule has 3 heterocycles. The van der Waals surface area contributed by atoms with E-state index in [0.29, 0.717) is 30.1 Å². The summed E-state index contributed by atoms with van der Waals surface area (Å²) in [5.74, 6) is 2.64. The van der Waals surface area contributed by atoms with Gasteiger partial charge in [0.25, 0.3) is 0 Å². The molecule has 2 unspecified atom stereocenters. The summed E-state index contributed by atoms with van der Waals surface area (Å²) in [5, 5.41) is 5.78. The fourth-order valence-corrected chi connectivity index (χ4v) is 5.71. The van der Waals surface area contributed by atoms with Crippen molar-refractivity contribution in [2.45, 2.75) is 44.2 Å². The lowest BCUT2D eigenvalue weighted by atomic mass is 10.1. The number of morpholine rings is 1. The lowest BCUT2D eigenvalue weighted by molar-refractivity contribution is 0.0901. The minimum atomic E-state index is -0.303. The Morgan fingerprint density at radius 3 is 2.31 bits per heavy atom. The molecule has 3 aliphatic rings. The first kappa shape index (κ1) is 25.6. The smallest absolute Gasteiger partial charge is 0.323 e. The fourth-order valence-electron chi connectivity index (χ4n) is 5.71. The highest BCUT2D eigenvalue weighted by Crippen LogP contribution is 2.39. The number of nitrogens with zero attached hydrogens (tertiary/aromatic N) is 4. The summed E-state index contributed by atoms with van der Waals surface area (Å²) in [4.78, 5) is 27.2. The summed E-state index contributed by atoms with van der Waals surface area (Å²) >= 11 is 0. The van der Waals surface area contributed by atoms with Crippen molar-refractivity contribution < 1.29 is 14.3 Å². The van der Waals surface area contributed by atoms with Crippen LogP contribution in [0.4, 0.5) is 22.0 Å². The van der Waals surface area contributed by atoms with Crippen molar-refractivity contribution in [2.75, 3.05) is 56.0 Å². The maximum Gasteiger partial charge on any atom is 0.323 e. The number of amides is 2. The van der Waals surface area contributed by atoms with Crippen LogP contribution in [0, 0.1) is 0 Å². The van der Waals surface area contributed by atoms with Gasteiger partial charge in [-0.05, 0) is 94.7 Å². The molecule has 2 N–H and O–H groups in total. The van der Waals surface area contributed by atoms with Gasteiger partial charge in [-0.1, -0.05) is 0 Å². The van der Waals surface area contributed by atoms with E-state index in [-0.39, 0.29) is 6.03 Å². The third-order valence-corrected chi connectivity index (χ3v) is 7.72. The van der Waals surface area contributed by atoms with Crippen LogP contribution in [0.25, 0.3) is 11.4 Å². The molecule has 204 valence electrons. The Labute approximate surface area is 229 Å². The lowest BCUT2D eigenvalue weighted by Gasteiger charge is -2.36. The summed E-state index contributed by atoms with van der Waals surface area (Å²) in [6.07, 6.45) is 5.50. The molecule has 0 saturated carbocycles. The van der Waals surface area contributed by atoms with Gasteiger partial charge in [-0.2, -0.15) is 0 Å². The van der Waals surface area contributed by atoms with Crippen LogP contribution in [0.15, 0.2) is 48.5 Å². The second kappa shape index (κ2) is 11.2. The highest BCUT2D eigenvalue weighted by molar-refractivity contribution is 5.99. The van der Waals surface area contributed by atoms with Gasteiger partial charge >= 0.3 is 6.03 Å². The SMILES string of the molecule is CN(C)CCOc1ccc(NC(=O)Nc2ccc(-c3nc4c(c(N5C6CCC5COC6)n3)CCC4)cc2)cc1. The first-order valence-electron chi connectivity index (χ1n) is 13.9. The molecule has 39 heavy (non-hydrogen) atoms. The number of benzene rings is 2. The van der Waals surface area contributed by atoms with E-state index in [1.165, 1.54) is 11.3 Å². The van der Waals surface area contributed by atoms with Crippen LogP contribution in [0.3, 0.4) is 0 Å². The molecular weight excluding hydrogens is 492 g/mol. The number of anilines is 3. The van der Waals surface area contributed by atoms with Gasteiger partial charge in [-0.15, -0.1) is 0 Å². The maximum atomic E-state index is 12.6. The van der Waals surface area contributed by atoms with Gasteiger partial charge in [0.1, 0.15) is 18.2 Å². The molecule has 9 heteroatoms. The molecule has 1 aliphatic carbocycles. The van der Waals surface area contributed by atoms with Crippen molar-refractivity contribution in [2.24, 2.45) is 0 Å². The monoisotopic (exact) mass is 528 g/mol. The Bertz CT molecular complexity index is 1300. The average molecular weight is 529 g/mol. The second-order valence-corrected chi connectivity index (χ2v) is 10.8. The van der Waals surface area contributed by atoms with E-state index in [2.05, 4.69) is 20.4 Å². The normalized spacial score (nSPS) is 19.7. The van der Waals surface area contributed by atoms with Gasteiger partial charge in [0.05, 0.1) is 25.3 Å². The van der Waals surface area contributed by atoms with Crippen LogP contribution in [0.5, 0.6) is 5.75 Å². The number of ether oxygens (including phenoxy) is 2. The largest absolute Gasteiger partial charge is 0.492 e. The summed E-state index contributed by atoms with van der Waals surface area (Å²) < 4.78 is 11.5. The number of rotatable bonds is 8. The van der Waals surface area contributed by atoms with Crippen LogP contribution in [-0.2, 0) is 17.6 Å². The van der Waals surface area contributed by atoms with Gasteiger partial charge < -0.3 is 29.9 Å². The van der Waals surface area contributed by atoms with E-state index in [9.17, 15) is 4.79 Å². The molecule has 3 aromatic rings. The zero-order valence-electron chi connectivity index (χ0n) is 22.7. The molecule has 2 amide bonds. The number of fused-ring (bicyclic) bond motifs is 3. The Balaban J connectivity index is 1.11. The lowest BCUT2D eigenvalue weighted by Crippen LogP contribution is -2.46. The third-order valence-electron chi connectivity index (χ3n) is 7.72. The molecule has 0 radical (unpaired) electrons. The summed E-state index contributed by atoms with van der Waals surface area (Å²) in [6, 6.07) is 15.6. The minimum Gasteiger partial charge on any atom is -0.492 e. The molecule has 2 fully saturated rings. The molecule has 6 rings (SSSR count). The quantitative estimate of drug-likeness (QED) is 0.442. The van der Waals surface area contributed by atoms with E-state index >= 15 is 0 Å². The fraction of sp³-hybridized carbons (Fsp3) is 0.433. The molecule has 2 aliphatic heterocycles. The number of carbonyl (C=O) groups is 1. The molecule has 2 aromatic carbocycles. The third kappa shape index (κ3) is 5.69. The molecule has 9 nitrogen and oxygen atoms in total. The number of aryl methyl sites for hydroxylation is 1. The van der Waals surface area contributed by atoms with Crippen LogP contribution in [0.2, 0.25) is 0 Å². The number of urea groups is 1. The predicted molar refractivity (Wildman–Crippen MR) is 153 cm³/mol. The number of carbonyl (C=O) groups excluding carboxylic acids is 1. The van der Waals surface area contributed by atoms with Crippen molar-refractivity contribution >= 4 is 23.2 Å². The van der Waals surface area contributed by atoms with E-state index in [4.69, 9.17) is 19.4 Å². The van der Waals surface area contributed by atoms with Crippen LogP contribution in [0.1, 0.15) is 30.5 Å². The number of aromatic nitrogens is 2. The Morgan fingerprint density at radius 2 is 1.64 bits per heavy atom. The van der Waals surface area contributed by atoms with Crippen molar-refractivity contribution in [3.05, 3.63) is 59.8 Å². The van der Waals surface area contributed by atoms with Gasteiger partial charge in [-0.25, -0.2) is 14.8 Å². The maximum absolute atomic E-state index is 12.6. The van der Waals surface area contributed by atoms with E-state index < -0.39 is 0 Å². The predicted octanol–water partition coefficient (Wildman–Crippen LogP) is 4.58. The topological polar surface area (TPSA) is 91.9 Å². The van der Waals surface area contributed by atoms with Crippen molar-refractivity contribution in [1.29, 1.82) is 0 Å². The van der Waals surface area contributed by atoms with Gasteiger partial charge in [-0.3, -0.25) is 0 Å². The molecule has 1 aromatic heterocycles. The Kier molecular flexibility index (Phi) is 7.34. The van der Waals surface area contributed by atoms with E-state index in [0.717, 1.165) is 74.8 Å². The molecule has 2 atom stereocenters. The number of likely N-dealkylation sites (N-methyl/N-ethyl adjacent to an activating group) is 1. The first-order chi connectivity index (χ1) is 19.0. The molecule has 2 saturated heterocycles. The average Bonchev–Trinajstić information content (AvgIpc) is 3.50. The van der Waals surface area contributed by atoms with E-state index in [1.807, 2.05) is 62.6 Å². The number of nitrogens with one attached hydrogen (secondary N) is 2. The molecule has 0 spiro atoms. The zero-order chi connectivity index (χ0) is 26.8. The summed E-state index contributed by atoms with van der Waals surface area (Å²) in [6.45, 7) is 3.02. The Hall–Kier alpha value is -3.69. The van der Waals surface area contributed by atoms with E-state index in [1.54, 1.807) is 0 Å². The van der Waals surface area contributed by atoms with Crippen LogP contribution in [-0.4, -0.2) is 73.4 Å². The van der Waals surface area contributed by atoms with Crippen molar-refractivity contribution in [1.82, 2.24) is 14.9 Å². The van der Waals surface area contributed by atoms with Gasteiger partial charge in [0, 0.05) is 34.7 Å². The van der Waals surface area contributed by atoms with Crippen molar-refractivity contribution in [3.8, 4) is 17.1 Å². The van der Waals surface area contributed by atoms with Crippen molar-refractivity contribution in [3.63, 3.8) is 0 Å².